The molecule has 0 radical (unpaired) electrons. The number of hydrogen-bond acceptors (Lipinski definition) is 4. The normalized spacial score (nSPS) is 12.5. The van der Waals surface area contributed by atoms with E-state index >= 15 is 0 Å². The third-order valence-corrected chi connectivity index (χ3v) is 4.73. The number of guanidine groups is 1. The van der Waals surface area contributed by atoms with E-state index in [2.05, 4.69) is 10.3 Å². The predicted molar refractivity (Wildman–Crippen MR) is 103 cm³/mol. The van der Waals surface area contributed by atoms with Crippen LogP contribution in [0.3, 0.4) is 0 Å². The van der Waals surface area contributed by atoms with E-state index in [4.69, 9.17) is 15.2 Å². The van der Waals surface area contributed by atoms with E-state index in [1.165, 1.54) is 0 Å². The SMILES string of the molecule is COc1ccc(OC)c(NC(N)=NCCS(=O)Cc2ccccc2)c1. The fourth-order valence-electron chi connectivity index (χ4n) is 2.19. The van der Waals surface area contributed by atoms with Gasteiger partial charge in [0.2, 0.25) is 0 Å². The summed E-state index contributed by atoms with van der Waals surface area (Å²) in [6, 6.07) is 15.1. The summed E-state index contributed by atoms with van der Waals surface area (Å²) in [5.74, 6) is 2.52. The first kappa shape index (κ1) is 18.8. The molecular weight excluding hydrogens is 338 g/mol. The minimum absolute atomic E-state index is 0.239. The number of methoxy groups -OCH3 is 2. The van der Waals surface area contributed by atoms with Gasteiger partial charge in [-0.2, -0.15) is 0 Å². The van der Waals surface area contributed by atoms with Gasteiger partial charge in [0.15, 0.2) is 5.96 Å². The van der Waals surface area contributed by atoms with Crippen LogP contribution in [0, 0.1) is 0 Å². The van der Waals surface area contributed by atoms with Crippen molar-refractivity contribution in [2.45, 2.75) is 5.75 Å². The number of ether oxygens (including phenoxy) is 2. The highest BCUT2D eigenvalue weighted by Crippen LogP contribution is 2.28. The molecule has 0 bridgehead atoms. The van der Waals surface area contributed by atoms with Crippen molar-refractivity contribution in [1.29, 1.82) is 0 Å². The third kappa shape index (κ3) is 6.11. The van der Waals surface area contributed by atoms with Gasteiger partial charge in [-0.05, 0) is 17.7 Å². The van der Waals surface area contributed by atoms with Gasteiger partial charge in [0, 0.05) is 28.4 Å². The molecular formula is C18H23N3O3S. The van der Waals surface area contributed by atoms with Crippen molar-refractivity contribution in [3.05, 3.63) is 54.1 Å². The average molecular weight is 361 g/mol. The Labute approximate surface area is 150 Å². The number of hydrogen-bond donors (Lipinski definition) is 2. The highest BCUT2D eigenvalue weighted by atomic mass is 32.2. The molecule has 1 atom stereocenters. The van der Waals surface area contributed by atoms with Crippen molar-refractivity contribution >= 4 is 22.4 Å². The maximum atomic E-state index is 12.1. The average Bonchev–Trinajstić information content (AvgIpc) is 2.62. The first-order valence-electron chi connectivity index (χ1n) is 7.80. The molecule has 25 heavy (non-hydrogen) atoms. The van der Waals surface area contributed by atoms with Gasteiger partial charge in [-0.15, -0.1) is 0 Å². The molecule has 0 aliphatic carbocycles. The van der Waals surface area contributed by atoms with Crippen LogP contribution in [-0.2, 0) is 16.6 Å². The second-order valence-corrected chi connectivity index (χ2v) is 6.81. The van der Waals surface area contributed by atoms with E-state index < -0.39 is 10.8 Å². The monoisotopic (exact) mass is 361 g/mol. The lowest BCUT2D eigenvalue weighted by Crippen LogP contribution is -2.24. The Morgan fingerprint density at radius 2 is 1.92 bits per heavy atom. The number of nitrogens with two attached hydrogens (primary N) is 1. The molecule has 0 aliphatic heterocycles. The molecule has 134 valence electrons. The summed E-state index contributed by atoms with van der Waals surface area (Å²) in [7, 11) is 2.18. The summed E-state index contributed by atoms with van der Waals surface area (Å²) in [4.78, 5) is 4.23. The fourth-order valence-corrected chi connectivity index (χ4v) is 3.19. The number of nitrogens with zero attached hydrogens (tertiary/aromatic N) is 1. The Bertz CT molecular complexity index is 736. The van der Waals surface area contributed by atoms with Gasteiger partial charge in [0.1, 0.15) is 11.5 Å². The third-order valence-electron chi connectivity index (χ3n) is 3.44. The number of rotatable bonds is 8. The molecule has 0 fully saturated rings. The second-order valence-electron chi connectivity index (χ2n) is 5.23. The lowest BCUT2D eigenvalue weighted by Gasteiger charge is -2.12. The minimum atomic E-state index is -0.980. The lowest BCUT2D eigenvalue weighted by atomic mass is 10.2. The molecule has 0 aromatic heterocycles. The van der Waals surface area contributed by atoms with Gasteiger partial charge < -0.3 is 20.5 Å². The summed E-state index contributed by atoms with van der Waals surface area (Å²) in [6.45, 7) is 0.380. The van der Waals surface area contributed by atoms with Crippen LogP contribution in [0.25, 0.3) is 0 Å². The summed E-state index contributed by atoms with van der Waals surface area (Å²) < 4.78 is 22.5. The lowest BCUT2D eigenvalue weighted by molar-refractivity contribution is 0.405. The largest absolute Gasteiger partial charge is 0.497 e. The number of benzene rings is 2. The first-order chi connectivity index (χ1) is 12.1. The van der Waals surface area contributed by atoms with Crippen LogP contribution in [0.1, 0.15) is 5.56 Å². The van der Waals surface area contributed by atoms with Crippen molar-refractivity contribution in [1.82, 2.24) is 0 Å². The molecule has 2 aromatic carbocycles. The van der Waals surface area contributed by atoms with Crippen LogP contribution in [0.15, 0.2) is 53.5 Å². The summed E-state index contributed by atoms with van der Waals surface area (Å²) in [5, 5.41) is 2.98. The van der Waals surface area contributed by atoms with Gasteiger partial charge in [-0.25, -0.2) is 0 Å². The van der Waals surface area contributed by atoms with Gasteiger partial charge in [-0.1, -0.05) is 30.3 Å². The Morgan fingerprint density at radius 1 is 1.16 bits per heavy atom. The number of aliphatic imine (C=N–C) groups is 1. The van der Waals surface area contributed by atoms with Crippen LogP contribution >= 0.6 is 0 Å². The maximum Gasteiger partial charge on any atom is 0.193 e. The molecule has 0 aliphatic rings. The Hall–Kier alpha value is -2.54. The van der Waals surface area contributed by atoms with Crippen molar-refractivity contribution in [2.24, 2.45) is 10.7 Å². The molecule has 1 unspecified atom stereocenters. The van der Waals surface area contributed by atoms with Gasteiger partial charge in [0.25, 0.3) is 0 Å². The van der Waals surface area contributed by atoms with Crippen molar-refractivity contribution in [3.8, 4) is 11.5 Å². The van der Waals surface area contributed by atoms with Crippen LogP contribution < -0.4 is 20.5 Å². The van der Waals surface area contributed by atoms with Gasteiger partial charge >= 0.3 is 0 Å². The fraction of sp³-hybridized carbons (Fsp3) is 0.278. The van der Waals surface area contributed by atoms with E-state index in [1.807, 2.05) is 30.3 Å². The van der Waals surface area contributed by atoms with Crippen LogP contribution in [0.2, 0.25) is 0 Å². The molecule has 3 N–H and O–H groups in total. The quantitative estimate of drug-likeness (QED) is 0.557. The standard InChI is InChI=1S/C18H23N3O3S/c1-23-15-8-9-17(24-2)16(12-15)21-18(19)20-10-11-25(22)13-14-6-4-3-5-7-14/h3-9,12H,10-11,13H2,1-2H3,(H3,19,20,21). The molecule has 0 heterocycles. The Morgan fingerprint density at radius 3 is 2.60 bits per heavy atom. The second kappa shape index (κ2) is 9.68. The predicted octanol–water partition coefficient (Wildman–Crippen LogP) is 2.38. The molecule has 7 heteroatoms. The van der Waals surface area contributed by atoms with Gasteiger partial charge in [0.05, 0.1) is 26.5 Å². The van der Waals surface area contributed by atoms with E-state index in [-0.39, 0.29) is 5.96 Å². The minimum Gasteiger partial charge on any atom is -0.497 e. The molecule has 6 nitrogen and oxygen atoms in total. The van der Waals surface area contributed by atoms with Crippen LogP contribution in [0.5, 0.6) is 11.5 Å². The summed E-state index contributed by atoms with van der Waals surface area (Å²) in [6.07, 6.45) is 0. The zero-order valence-corrected chi connectivity index (χ0v) is 15.2. The molecule has 2 aromatic rings. The number of nitrogens with one attached hydrogen (secondary N) is 1. The number of anilines is 1. The first-order valence-corrected chi connectivity index (χ1v) is 9.29. The Kier molecular flexibility index (Phi) is 7.28. The highest BCUT2D eigenvalue weighted by molar-refractivity contribution is 7.84. The van der Waals surface area contributed by atoms with Crippen molar-refractivity contribution < 1.29 is 13.7 Å². The molecule has 0 spiro atoms. The Balaban J connectivity index is 1.88. The zero-order chi connectivity index (χ0) is 18.1. The smallest absolute Gasteiger partial charge is 0.193 e. The summed E-state index contributed by atoms with van der Waals surface area (Å²) in [5.41, 5.74) is 7.62. The van der Waals surface area contributed by atoms with Crippen molar-refractivity contribution in [3.63, 3.8) is 0 Å². The van der Waals surface area contributed by atoms with Gasteiger partial charge in [-0.3, -0.25) is 9.20 Å². The van der Waals surface area contributed by atoms with E-state index in [0.717, 1.165) is 5.56 Å². The van der Waals surface area contributed by atoms with Crippen LogP contribution in [0.4, 0.5) is 5.69 Å². The molecule has 0 saturated heterocycles. The highest BCUT2D eigenvalue weighted by Gasteiger charge is 2.06. The molecule has 2 rings (SSSR count). The molecule has 0 amide bonds. The zero-order valence-electron chi connectivity index (χ0n) is 14.4. The van der Waals surface area contributed by atoms with Crippen molar-refractivity contribution in [2.75, 3.05) is 31.8 Å². The topological polar surface area (TPSA) is 85.9 Å². The van der Waals surface area contributed by atoms with Crippen LogP contribution in [-0.4, -0.2) is 36.7 Å². The van der Waals surface area contributed by atoms with E-state index in [1.54, 1.807) is 32.4 Å². The maximum absolute atomic E-state index is 12.1. The van der Waals surface area contributed by atoms with E-state index in [0.29, 0.717) is 35.2 Å². The molecule has 0 saturated carbocycles. The van der Waals surface area contributed by atoms with E-state index in [9.17, 15) is 4.21 Å². The summed E-state index contributed by atoms with van der Waals surface area (Å²) >= 11 is 0.